The molecule has 0 saturated carbocycles. The summed E-state index contributed by atoms with van der Waals surface area (Å²) in [6, 6.07) is 7.78. The normalized spacial score (nSPS) is 10.5. The first-order chi connectivity index (χ1) is 6.20. The molecule has 72 valence electrons. The lowest BCUT2D eigenvalue weighted by atomic mass is 10.3. The highest BCUT2D eigenvalue weighted by Gasteiger charge is 1.98. The van der Waals surface area contributed by atoms with Gasteiger partial charge in [-0.15, -0.1) is 0 Å². The summed E-state index contributed by atoms with van der Waals surface area (Å²) in [7, 11) is 0. The molecule has 0 bridgehead atoms. The van der Waals surface area contributed by atoms with E-state index in [9.17, 15) is 0 Å². The van der Waals surface area contributed by atoms with E-state index in [1.165, 1.54) is 0 Å². The van der Waals surface area contributed by atoms with Gasteiger partial charge in [-0.1, -0.05) is 49.5 Å². The Morgan fingerprint density at radius 2 is 2.08 bits per heavy atom. The summed E-state index contributed by atoms with van der Waals surface area (Å²) < 4.78 is 3.23. The zero-order chi connectivity index (χ0) is 9.68. The SMILES string of the molecule is CC(C)CSNc1ccccc1Cl. The number of benzene rings is 1. The highest BCUT2D eigenvalue weighted by Crippen LogP contribution is 2.23. The minimum absolute atomic E-state index is 0.694. The van der Waals surface area contributed by atoms with Crippen LogP contribution in [0.4, 0.5) is 5.69 Å². The molecule has 0 unspecified atom stereocenters. The zero-order valence-corrected chi connectivity index (χ0v) is 9.45. The second-order valence-electron chi connectivity index (χ2n) is 3.29. The third-order valence-electron chi connectivity index (χ3n) is 1.47. The smallest absolute Gasteiger partial charge is 0.0645 e. The predicted molar refractivity (Wildman–Crippen MR) is 62.4 cm³/mol. The van der Waals surface area contributed by atoms with Crippen LogP contribution in [0.3, 0.4) is 0 Å². The molecule has 13 heavy (non-hydrogen) atoms. The largest absolute Gasteiger partial charge is 0.328 e. The summed E-state index contributed by atoms with van der Waals surface area (Å²) >= 11 is 7.66. The van der Waals surface area contributed by atoms with Crippen LogP contribution in [0.5, 0.6) is 0 Å². The Morgan fingerprint density at radius 3 is 2.69 bits per heavy atom. The van der Waals surface area contributed by atoms with Crippen LogP contribution in [0.1, 0.15) is 13.8 Å². The molecule has 1 aromatic rings. The number of rotatable bonds is 4. The molecular formula is C10H14ClNS. The quantitative estimate of drug-likeness (QED) is 0.761. The van der Waals surface area contributed by atoms with E-state index in [2.05, 4.69) is 18.6 Å². The van der Waals surface area contributed by atoms with E-state index >= 15 is 0 Å². The van der Waals surface area contributed by atoms with Gasteiger partial charge in [-0.25, -0.2) is 0 Å². The Kier molecular flexibility index (Phi) is 4.46. The van der Waals surface area contributed by atoms with Crippen molar-refractivity contribution >= 4 is 29.2 Å². The number of nitrogens with one attached hydrogen (secondary N) is 1. The van der Waals surface area contributed by atoms with Crippen molar-refractivity contribution in [3.05, 3.63) is 29.3 Å². The zero-order valence-electron chi connectivity index (χ0n) is 7.88. The van der Waals surface area contributed by atoms with Gasteiger partial charge in [-0.2, -0.15) is 0 Å². The molecule has 0 saturated heterocycles. The lowest BCUT2D eigenvalue weighted by molar-refractivity contribution is 0.751. The van der Waals surface area contributed by atoms with Gasteiger partial charge >= 0.3 is 0 Å². The van der Waals surface area contributed by atoms with Crippen LogP contribution in [-0.4, -0.2) is 5.75 Å². The van der Waals surface area contributed by atoms with E-state index in [1.807, 2.05) is 24.3 Å². The van der Waals surface area contributed by atoms with Gasteiger partial charge in [0.25, 0.3) is 0 Å². The second-order valence-corrected chi connectivity index (χ2v) is 4.52. The molecule has 0 spiro atoms. The van der Waals surface area contributed by atoms with Gasteiger partial charge in [0.1, 0.15) is 0 Å². The van der Waals surface area contributed by atoms with Crippen LogP contribution >= 0.6 is 23.5 Å². The molecule has 1 rings (SSSR count). The van der Waals surface area contributed by atoms with Crippen LogP contribution in [0, 0.1) is 5.92 Å². The summed E-state index contributed by atoms with van der Waals surface area (Å²) in [6.45, 7) is 4.39. The van der Waals surface area contributed by atoms with E-state index < -0.39 is 0 Å². The number of anilines is 1. The van der Waals surface area contributed by atoms with E-state index in [0.717, 1.165) is 16.5 Å². The van der Waals surface area contributed by atoms with Crippen LogP contribution < -0.4 is 4.72 Å². The number of para-hydroxylation sites is 1. The molecule has 3 heteroatoms. The highest BCUT2D eigenvalue weighted by molar-refractivity contribution is 8.00. The van der Waals surface area contributed by atoms with Crippen molar-refractivity contribution < 1.29 is 0 Å². The van der Waals surface area contributed by atoms with Crippen molar-refractivity contribution in [2.24, 2.45) is 5.92 Å². The summed E-state index contributed by atoms with van der Waals surface area (Å²) in [5.74, 6) is 1.78. The molecule has 0 amide bonds. The Hall–Kier alpha value is -0.340. The van der Waals surface area contributed by atoms with Crippen molar-refractivity contribution in [1.82, 2.24) is 0 Å². The minimum atomic E-state index is 0.694. The van der Waals surface area contributed by atoms with E-state index in [1.54, 1.807) is 11.9 Å². The molecule has 0 atom stereocenters. The number of hydrogen-bond acceptors (Lipinski definition) is 2. The van der Waals surface area contributed by atoms with Crippen molar-refractivity contribution in [2.45, 2.75) is 13.8 Å². The van der Waals surface area contributed by atoms with Gasteiger partial charge in [0.05, 0.1) is 10.7 Å². The summed E-state index contributed by atoms with van der Waals surface area (Å²) in [4.78, 5) is 0. The number of halogens is 1. The van der Waals surface area contributed by atoms with E-state index in [-0.39, 0.29) is 0 Å². The van der Waals surface area contributed by atoms with Crippen molar-refractivity contribution in [3.8, 4) is 0 Å². The molecule has 0 aliphatic rings. The van der Waals surface area contributed by atoms with Crippen molar-refractivity contribution in [3.63, 3.8) is 0 Å². The van der Waals surface area contributed by atoms with Gasteiger partial charge < -0.3 is 4.72 Å². The van der Waals surface area contributed by atoms with Gasteiger partial charge in [-0.3, -0.25) is 0 Å². The molecule has 1 aromatic carbocycles. The maximum absolute atomic E-state index is 5.96. The fourth-order valence-corrected chi connectivity index (χ4v) is 1.82. The van der Waals surface area contributed by atoms with Crippen LogP contribution in [0.25, 0.3) is 0 Å². The van der Waals surface area contributed by atoms with Crippen molar-refractivity contribution in [1.29, 1.82) is 0 Å². The van der Waals surface area contributed by atoms with Crippen LogP contribution in [-0.2, 0) is 0 Å². The Labute approximate surface area is 89.0 Å². The predicted octanol–water partition coefficient (Wildman–Crippen LogP) is 4.06. The average molecular weight is 216 g/mol. The summed E-state index contributed by atoms with van der Waals surface area (Å²) in [5, 5.41) is 0.777. The Bertz CT molecular complexity index is 263. The lowest BCUT2D eigenvalue weighted by Crippen LogP contribution is -1.95. The van der Waals surface area contributed by atoms with Gasteiger partial charge in [-0.05, 0) is 18.1 Å². The van der Waals surface area contributed by atoms with Gasteiger partial charge in [0.15, 0.2) is 0 Å². The maximum Gasteiger partial charge on any atom is 0.0645 e. The molecule has 0 aliphatic carbocycles. The van der Waals surface area contributed by atoms with Crippen LogP contribution in [0.2, 0.25) is 5.02 Å². The van der Waals surface area contributed by atoms with Crippen LogP contribution in [0.15, 0.2) is 24.3 Å². The standard InChI is InChI=1S/C10H14ClNS/c1-8(2)7-13-12-10-6-4-3-5-9(10)11/h3-6,8,12H,7H2,1-2H3. The third-order valence-corrected chi connectivity index (χ3v) is 3.00. The van der Waals surface area contributed by atoms with E-state index in [0.29, 0.717) is 5.92 Å². The lowest BCUT2D eigenvalue weighted by Gasteiger charge is -2.08. The Morgan fingerprint density at radius 1 is 1.38 bits per heavy atom. The third kappa shape index (κ3) is 3.92. The first kappa shape index (κ1) is 10.7. The fourth-order valence-electron chi connectivity index (χ4n) is 0.830. The fraction of sp³-hybridized carbons (Fsp3) is 0.400. The molecule has 0 fully saturated rings. The Balaban J connectivity index is 2.41. The monoisotopic (exact) mass is 215 g/mol. The first-order valence-electron chi connectivity index (χ1n) is 4.32. The molecule has 0 heterocycles. The topological polar surface area (TPSA) is 12.0 Å². The van der Waals surface area contributed by atoms with Gasteiger partial charge in [0.2, 0.25) is 0 Å². The average Bonchev–Trinajstić information content (AvgIpc) is 2.08. The first-order valence-corrected chi connectivity index (χ1v) is 5.69. The van der Waals surface area contributed by atoms with Gasteiger partial charge in [0, 0.05) is 5.75 Å². The molecular weight excluding hydrogens is 202 g/mol. The molecule has 1 N–H and O–H groups in total. The molecule has 1 nitrogen and oxygen atoms in total. The molecule has 0 radical (unpaired) electrons. The number of hydrogen-bond donors (Lipinski definition) is 1. The highest BCUT2D eigenvalue weighted by atomic mass is 35.5. The molecule has 0 aliphatic heterocycles. The maximum atomic E-state index is 5.96. The van der Waals surface area contributed by atoms with E-state index in [4.69, 9.17) is 11.6 Å². The van der Waals surface area contributed by atoms with Crippen molar-refractivity contribution in [2.75, 3.05) is 10.5 Å². The minimum Gasteiger partial charge on any atom is -0.328 e. The summed E-state index contributed by atoms with van der Waals surface area (Å²) in [5.41, 5.74) is 0.995. The summed E-state index contributed by atoms with van der Waals surface area (Å²) in [6.07, 6.45) is 0. The molecule has 0 aromatic heterocycles. The second kappa shape index (κ2) is 5.40.